The zero-order chi connectivity index (χ0) is 18.5. The maximum absolute atomic E-state index is 12.3. The molecule has 0 fully saturated rings. The van der Waals surface area contributed by atoms with Crippen LogP contribution in [0.1, 0.15) is 33.5 Å². The number of amides is 1. The molecule has 0 saturated heterocycles. The number of carbonyl (C=O) groups is 2. The molecule has 0 spiro atoms. The molecule has 4 nitrogen and oxygen atoms in total. The Bertz CT molecular complexity index is 840. The normalized spacial score (nSPS) is 13.9. The van der Waals surface area contributed by atoms with E-state index in [2.05, 4.69) is 18.2 Å². The number of hydrogen-bond donors (Lipinski definition) is 0. The number of rotatable bonds is 4. The van der Waals surface area contributed by atoms with Crippen LogP contribution < -0.4 is 0 Å². The van der Waals surface area contributed by atoms with Crippen LogP contribution in [0.25, 0.3) is 5.57 Å². The first-order valence-corrected chi connectivity index (χ1v) is 8.81. The van der Waals surface area contributed by atoms with E-state index in [1.807, 2.05) is 44.2 Å². The maximum atomic E-state index is 12.3. The van der Waals surface area contributed by atoms with Crippen LogP contribution in [-0.2, 0) is 9.53 Å². The van der Waals surface area contributed by atoms with E-state index in [9.17, 15) is 9.59 Å². The van der Waals surface area contributed by atoms with Gasteiger partial charge in [-0.2, -0.15) is 0 Å². The second-order valence-corrected chi connectivity index (χ2v) is 6.58. The van der Waals surface area contributed by atoms with Gasteiger partial charge >= 0.3 is 5.97 Å². The summed E-state index contributed by atoms with van der Waals surface area (Å²) in [6.45, 7) is 4.80. The van der Waals surface area contributed by atoms with Crippen LogP contribution in [0.15, 0.2) is 54.6 Å². The number of esters is 1. The van der Waals surface area contributed by atoms with Gasteiger partial charge < -0.3 is 9.64 Å². The zero-order valence-corrected chi connectivity index (χ0v) is 15.2. The number of benzene rings is 2. The second-order valence-electron chi connectivity index (χ2n) is 6.58. The lowest BCUT2D eigenvalue weighted by Gasteiger charge is -2.26. The van der Waals surface area contributed by atoms with Crippen molar-refractivity contribution >= 4 is 17.4 Å². The van der Waals surface area contributed by atoms with Crippen LogP contribution in [0.2, 0.25) is 0 Å². The highest BCUT2D eigenvalue weighted by atomic mass is 16.5. The molecule has 26 heavy (non-hydrogen) atoms. The molecule has 0 bridgehead atoms. The molecular weight excluding hydrogens is 326 g/mol. The van der Waals surface area contributed by atoms with Crippen molar-refractivity contribution in [2.45, 2.75) is 20.3 Å². The van der Waals surface area contributed by atoms with Gasteiger partial charge in [0, 0.05) is 13.1 Å². The number of hydrogen-bond acceptors (Lipinski definition) is 3. The lowest BCUT2D eigenvalue weighted by atomic mass is 10.00. The SMILES string of the molecule is Cc1ccc(C(=O)OCC(=O)N2CC=C(c3ccccc3)CC2)c(C)c1. The summed E-state index contributed by atoms with van der Waals surface area (Å²) in [5.41, 5.74) is 4.90. The molecule has 0 atom stereocenters. The molecule has 0 saturated carbocycles. The van der Waals surface area contributed by atoms with Crippen molar-refractivity contribution in [1.82, 2.24) is 4.90 Å². The Labute approximate surface area is 154 Å². The fourth-order valence-corrected chi connectivity index (χ4v) is 3.15. The molecule has 0 aromatic heterocycles. The minimum Gasteiger partial charge on any atom is -0.452 e. The molecule has 4 heteroatoms. The van der Waals surface area contributed by atoms with Gasteiger partial charge in [0.1, 0.15) is 0 Å². The third kappa shape index (κ3) is 4.20. The average Bonchev–Trinajstić information content (AvgIpc) is 2.66. The highest BCUT2D eigenvalue weighted by Gasteiger charge is 2.20. The van der Waals surface area contributed by atoms with E-state index in [1.54, 1.807) is 11.0 Å². The first-order chi connectivity index (χ1) is 12.5. The molecule has 0 unspecified atom stereocenters. The maximum Gasteiger partial charge on any atom is 0.338 e. The summed E-state index contributed by atoms with van der Waals surface area (Å²) in [6, 6.07) is 15.7. The van der Waals surface area contributed by atoms with E-state index in [0.29, 0.717) is 18.7 Å². The van der Waals surface area contributed by atoms with Crippen LogP contribution in [0.4, 0.5) is 0 Å². The predicted molar refractivity (Wildman–Crippen MR) is 102 cm³/mol. The van der Waals surface area contributed by atoms with Crippen LogP contribution in [0.3, 0.4) is 0 Å². The number of ether oxygens (including phenoxy) is 1. The summed E-state index contributed by atoms with van der Waals surface area (Å²) in [4.78, 5) is 26.3. The number of nitrogens with zero attached hydrogens (tertiary/aromatic N) is 1. The smallest absolute Gasteiger partial charge is 0.338 e. The van der Waals surface area contributed by atoms with Gasteiger partial charge in [-0.3, -0.25) is 4.79 Å². The average molecular weight is 349 g/mol. The van der Waals surface area contributed by atoms with Gasteiger partial charge in [-0.25, -0.2) is 4.79 Å². The molecule has 1 aliphatic heterocycles. The molecule has 0 radical (unpaired) electrons. The van der Waals surface area contributed by atoms with Crippen LogP contribution in [0, 0.1) is 13.8 Å². The molecule has 2 aromatic rings. The Balaban J connectivity index is 1.54. The third-order valence-corrected chi connectivity index (χ3v) is 4.63. The van der Waals surface area contributed by atoms with Gasteiger partial charge in [0.15, 0.2) is 6.61 Å². The lowest BCUT2D eigenvalue weighted by Crippen LogP contribution is -2.37. The molecule has 1 heterocycles. The fourth-order valence-electron chi connectivity index (χ4n) is 3.15. The minimum absolute atomic E-state index is 0.161. The number of aryl methyl sites for hydroxylation is 2. The van der Waals surface area contributed by atoms with Crippen molar-refractivity contribution in [2.24, 2.45) is 0 Å². The van der Waals surface area contributed by atoms with Gasteiger partial charge in [0.25, 0.3) is 5.91 Å². The Morgan fingerprint density at radius 1 is 1.08 bits per heavy atom. The molecule has 2 aromatic carbocycles. The highest BCUT2D eigenvalue weighted by Crippen LogP contribution is 2.22. The highest BCUT2D eigenvalue weighted by molar-refractivity contribution is 5.92. The molecule has 0 aliphatic carbocycles. The Morgan fingerprint density at radius 3 is 2.50 bits per heavy atom. The number of carbonyl (C=O) groups excluding carboxylic acids is 2. The van der Waals surface area contributed by atoms with Crippen LogP contribution >= 0.6 is 0 Å². The van der Waals surface area contributed by atoms with Crippen molar-refractivity contribution in [3.05, 3.63) is 76.9 Å². The Morgan fingerprint density at radius 2 is 1.85 bits per heavy atom. The quantitative estimate of drug-likeness (QED) is 0.789. The molecule has 0 N–H and O–H groups in total. The van der Waals surface area contributed by atoms with E-state index < -0.39 is 5.97 Å². The fraction of sp³-hybridized carbons (Fsp3) is 0.273. The summed E-state index contributed by atoms with van der Waals surface area (Å²) in [7, 11) is 0. The predicted octanol–water partition coefficient (Wildman–Crippen LogP) is 3.78. The van der Waals surface area contributed by atoms with Gasteiger partial charge in [-0.1, -0.05) is 54.1 Å². The molecule has 1 aliphatic rings. The monoisotopic (exact) mass is 349 g/mol. The lowest BCUT2D eigenvalue weighted by molar-refractivity contribution is -0.134. The molecule has 1 amide bonds. The topological polar surface area (TPSA) is 46.6 Å². The van der Waals surface area contributed by atoms with E-state index in [1.165, 1.54) is 11.1 Å². The van der Waals surface area contributed by atoms with Gasteiger partial charge in [0.05, 0.1) is 5.56 Å². The first-order valence-electron chi connectivity index (χ1n) is 8.81. The van der Waals surface area contributed by atoms with Crippen molar-refractivity contribution in [3.8, 4) is 0 Å². The zero-order valence-electron chi connectivity index (χ0n) is 15.2. The minimum atomic E-state index is -0.451. The summed E-state index contributed by atoms with van der Waals surface area (Å²) >= 11 is 0. The van der Waals surface area contributed by atoms with E-state index in [-0.39, 0.29) is 12.5 Å². The molecular formula is C22H23NO3. The van der Waals surface area contributed by atoms with Crippen molar-refractivity contribution < 1.29 is 14.3 Å². The van der Waals surface area contributed by atoms with Gasteiger partial charge in [0.2, 0.25) is 0 Å². The standard InChI is InChI=1S/C22H23NO3/c1-16-8-9-20(17(2)14-16)22(25)26-15-21(24)23-12-10-19(11-13-23)18-6-4-3-5-7-18/h3-10,14H,11-13,15H2,1-2H3. The van der Waals surface area contributed by atoms with Gasteiger partial charge in [-0.15, -0.1) is 0 Å². The first kappa shape index (κ1) is 17.9. The van der Waals surface area contributed by atoms with Crippen molar-refractivity contribution in [1.29, 1.82) is 0 Å². The Kier molecular flexibility index (Phi) is 5.52. The van der Waals surface area contributed by atoms with Crippen molar-refractivity contribution in [2.75, 3.05) is 19.7 Å². The van der Waals surface area contributed by atoms with E-state index in [4.69, 9.17) is 4.74 Å². The molecule has 134 valence electrons. The van der Waals surface area contributed by atoms with Crippen LogP contribution in [-0.4, -0.2) is 36.5 Å². The third-order valence-electron chi connectivity index (χ3n) is 4.63. The summed E-state index contributed by atoms with van der Waals surface area (Å²) in [5.74, 6) is -0.611. The summed E-state index contributed by atoms with van der Waals surface area (Å²) < 4.78 is 5.22. The van der Waals surface area contributed by atoms with Crippen LogP contribution in [0.5, 0.6) is 0 Å². The summed E-state index contributed by atoms with van der Waals surface area (Å²) in [5, 5.41) is 0. The second kappa shape index (κ2) is 8.00. The molecule has 3 rings (SSSR count). The summed E-state index contributed by atoms with van der Waals surface area (Å²) in [6.07, 6.45) is 2.88. The van der Waals surface area contributed by atoms with E-state index >= 15 is 0 Å². The van der Waals surface area contributed by atoms with Gasteiger partial charge in [-0.05, 0) is 43.0 Å². The van der Waals surface area contributed by atoms with Crippen molar-refractivity contribution in [3.63, 3.8) is 0 Å². The van der Waals surface area contributed by atoms with E-state index in [0.717, 1.165) is 17.5 Å². The Hall–Kier alpha value is -2.88. The largest absolute Gasteiger partial charge is 0.452 e.